The van der Waals surface area contributed by atoms with Gasteiger partial charge in [0.2, 0.25) is 11.8 Å². The molecule has 3 rings (SSSR count). The zero-order chi connectivity index (χ0) is 16.2. The molecule has 2 amide bonds. The molecule has 0 bridgehead atoms. The Hall–Kier alpha value is -2.35. The van der Waals surface area contributed by atoms with Crippen molar-refractivity contribution in [1.29, 1.82) is 0 Å². The van der Waals surface area contributed by atoms with E-state index in [1.807, 2.05) is 30.3 Å². The summed E-state index contributed by atoms with van der Waals surface area (Å²) in [6.45, 7) is 0.0431. The average Bonchev–Trinajstić information content (AvgIpc) is 3.29. The molecule has 1 saturated carbocycles. The van der Waals surface area contributed by atoms with Gasteiger partial charge in [-0.2, -0.15) is 0 Å². The number of carbonyl (C=O) groups excluding carboxylic acids is 2. The predicted octanol–water partition coefficient (Wildman–Crippen LogP) is 1.37. The molecule has 0 saturated heterocycles. The van der Waals surface area contributed by atoms with Crippen LogP contribution >= 0.6 is 11.8 Å². The largest absolute Gasteiger partial charge is 0.368 e. The maximum Gasteiger partial charge on any atom is 0.237 e. The highest BCUT2D eigenvalue weighted by molar-refractivity contribution is 7.99. The zero-order valence-corrected chi connectivity index (χ0v) is 13.3. The first-order valence-electron chi connectivity index (χ1n) is 7.32. The van der Waals surface area contributed by atoms with Gasteiger partial charge in [0, 0.05) is 11.6 Å². The number of hydrogen-bond donors (Lipinski definition) is 2. The number of amides is 2. The third kappa shape index (κ3) is 4.10. The number of rotatable bonds is 7. The molecule has 0 aliphatic heterocycles. The van der Waals surface area contributed by atoms with Crippen molar-refractivity contribution < 1.29 is 9.59 Å². The maximum absolute atomic E-state index is 12.0. The van der Waals surface area contributed by atoms with E-state index in [1.54, 1.807) is 4.57 Å². The molecule has 3 N–H and O–H groups in total. The molecule has 0 atom stereocenters. The van der Waals surface area contributed by atoms with Gasteiger partial charge in [-0.25, -0.2) is 0 Å². The third-order valence-corrected chi connectivity index (χ3v) is 4.36. The van der Waals surface area contributed by atoms with Gasteiger partial charge in [-0.05, 0) is 25.0 Å². The van der Waals surface area contributed by atoms with Gasteiger partial charge < -0.3 is 11.1 Å². The quantitative estimate of drug-likeness (QED) is 0.746. The molecule has 23 heavy (non-hydrogen) atoms. The van der Waals surface area contributed by atoms with Gasteiger partial charge in [-0.3, -0.25) is 14.2 Å². The number of nitrogens with two attached hydrogens (primary N) is 1. The fraction of sp³-hybridized carbons (Fsp3) is 0.333. The Morgan fingerprint density at radius 2 is 2.00 bits per heavy atom. The Kier molecular flexibility index (Phi) is 4.61. The summed E-state index contributed by atoms with van der Waals surface area (Å²) in [7, 11) is 0. The van der Waals surface area contributed by atoms with Gasteiger partial charge in [0.1, 0.15) is 12.4 Å². The van der Waals surface area contributed by atoms with E-state index in [9.17, 15) is 9.59 Å². The molecule has 1 aliphatic rings. The Bertz CT molecular complexity index is 712. The molecule has 120 valence electrons. The van der Waals surface area contributed by atoms with E-state index in [4.69, 9.17) is 5.73 Å². The molecule has 7 nitrogen and oxygen atoms in total. The third-order valence-electron chi connectivity index (χ3n) is 3.39. The first-order chi connectivity index (χ1) is 11.1. The van der Waals surface area contributed by atoms with Gasteiger partial charge in [0.25, 0.3) is 0 Å². The van der Waals surface area contributed by atoms with Crippen LogP contribution in [0.15, 0.2) is 35.5 Å². The van der Waals surface area contributed by atoms with Crippen LogP contribution in [0.25, 0.3) is 0 Å². The van der Waals surface area contributed by atoms with Crippen molar-refractivity contribution in [2.75, 3.05) is 11.1 Å². The van der Waals surface area contributed by atoms with Crippen LogP contribution in [0.2, 0.25) is 0 Å². The summed E-state index contributed by atoms with van der Waals surface area (Å²) in [4.78, 5) is 23.2. The number of carbonyl (C=O) groups is 2. The Morgan fingerprint density at radius 1 is 1.26 bits per heavy atom. The molecule has 8 heteroatoms. The average molecular weight is 331 g/mol. The Balaban J connectivity index is 1.63. The SMILES string of the molecule is NC(=O)Cn1c(SCC(=O)Nc2ccccc2)nnc1C1CC1. The highest BCUT2D eigenvalue weighted by atomic mass is 32.2. The summed E-state index contributed by atoms with van der Waals surface area (Å²) in [5, 5.41) is 11.6. The number of anilines is 1. The van der Waals surface area contributed by atoms with E-state index in [-0.39, 0.29) is 18.2 Å². The Morgan fingerprint density at radius 3 is 2.65 bits per heavy atom. The molecule has 1 aliphatic carbocycles. The number of benzene rings is 1. The maximum atomic E-state index is 12.0. The van der Waals surface area contributed by atoms with Crippen molar-refractivity contribution in [3.8, 4) is 0 Å². The number of nitrogens with zero attached hydrogens (tertiary/aromatic N) is 3. The van der Waals surface area contributed by atoms with Crippen LogP contribution in [0.5, 0.6) is 0 Å². The molecule has 1 fully saturated rings. The second kappa shape index (κ2) is 6.82. The second-order valence-corrected chi connectivity index (χ2v) is 6.31. The number of aromatic nitrogens is 3. The predicted molar refractivity (Wildman–Crippen MR) is 87.0 cm³/mol. The first kappa shape index (κ1) is 15.5. The summed E-state index contributed by atoms with van der Waals surface area (Å²) < 4.78 is 1.72. The Labute approximate surface area is 137 Å². The van der Waals surface area contributed by atoms with E-state index in [0.29, 0.717) is 11.1 Å². The van der Waals surface area contributed by atoms with Crippen LogP contribution in [0.1, 0.15) is 24.6 Å². The molecule has 0 spiro atoms. The van der Waals surface area contributed by atoms with E-state index >= 15 is 0 Å². The molecule has 2 aromatic rings. The normalized spacial score (nSPS) is 13.7. The lowest BCUT2D eigenvalue weighted by atomic mass is 10.3. The minimum Gasteiger partial charge on any atom is -0.368 e. The smallest absolute Gasteiger partial charge is 0.237 e. The van der Waals surface area contributed by atoms with Crippen LogP contribution < -0.4 is 11.1 Å². The van der Waals surface area contributed by atoms with Gasteiger partial charge in [0.05, 0.1) is 5.75 Å². The van der Waals surface area contributed by atoms with Crippen LogP contribution in [-0.4, -0.2) is 32.3 Å². The topological polar surface area (TPSA) is 103 Å². The van der Waals surface area contributed by atoms with Crippen LogP contribution in [0.4, 0.5) is 5.69 Å². The van der Waals surface area contributed by atoms with Gasteiger partial charge in [0.15, 0.2) is 5.16 Å². The fourth-order valence-electron chi connectivity index (χ4n) is 2.20. The lowest BCUT2D eigenvalue weighted by molar-refractivity contribution is -0.118. The number of para-hydroxylation sites is 1. The number of thioether (sulfide) groups is 1. The van der Waals surface area contributed by atoms with Gasteiger partial charge in [-0.15, -0.1) is 10.2 Å². The zero-order valence-electron chi connectivity index (χ0n) is 12.4. The van der Waals surface area contributed by atoms with Gasteiger partial charge in [-0.1, -0.05) is 30.0 Å². The van der Waals surface area contributed by atoms with E-state index in [1.165, 1.54) is 11.8 Å². The monoisotopic (exact) mass is 331 g/mol. The summed E-state index contributed by atoms with van der Waals surface area (Å²) in [6, 6.07) is 9.24. The van der Waals surface area contributed by atoms with Crippen molar-refractivity contribution in [3.63, 3.8) is 0 Å². The summed E-state index contributed by atoms with van der Waals surface area (Å²) in [6.07, 6.45) is 2.10. The van der Waals surface area contributed by atoms with E-state index in [0.717, 1.165) is 24.4 Å². The summed E-state index contributed by atoms with van der Waals surface area (Å²) in [5.74, 6) is 0.755. The molecule has 0 unspecified atom stereocenters. The van der Waals surface area contributed by atoms with Crippen molar-refractivity contribution in [3.05, 3.63) is 36.2 Å². The number of primary amides is 1. The minimum absolute atomic E-state index is 0.0431. The van der Waals surface area contributed by atoms with Crippen molar-refractivity contribution in [2.24, 2.45) is 5.73 Å². The molecular weight excluding hydrogens is 314 g/mol. The lowest BCUT2D eigenvalue weighted by Crippen LogP contribution is -2.21. The molecule has 1 aromatic heterocycles. The summed E-state index contributed by atoms with van der Waals surface area (Å²) in [5.41, 5.74) is 6.04. The van der Waals surface area contributed by atoms with Crippen LogP contribution in [-0.2, 0) is 16.1 Å². The van der Waals surface area contributed by atoms with Crippen LogP contribution in [0, 0.1) is 0 Å². The van der Waals surface area contributed by atoms with Crippen molar-refractivity contribution >= 4 is 29.3 Å². The highest BCUT2D eigenvalue weighted by Crippen LogP contribution is 2.39. The second-order valence-electron chi connectivity index (χ2n) is 5.37. The van der Waals surface area contributed by atoms with E-state index in [2.05, 4.69) is 15.5 Å². The number of nitrogens with one attached hydrogen (secondary N) is 1. The molecule has 1 heterocycles. The molecular formula is C15H17N5O2S. The standard InChI is InChI=1S/C15H17N5O2S/c16-12(21)8-20-14(10-6-7-10)18-19-15(20)23-9-13(22)17-11-4-2-1-3-5-11/h1-5,10H,6-9H2,(H2,16,21)(H,17,22). The van der Waals surface area contributed by atoms with E-state index < -0.39 is 5.91 Å². The van der Waals surface area contributed by atoms with Crippen molar-refractivity contribution in [2.45, 2.75) is 30.5 Å². The summed E-state index contributed by atoms with van der Waals surface area (Å²) >= 11 is 1.25. The van der Waals surface area contributed by atoms with Gasteiger partial charge >= 0.3 is 0 Å². The molecule has 1 aromatic carbocycles. The first-order valence-corrected chi connectivity index (χ1v) is 8.31. The molecule has 0 radical (unpaired) electrons. The highest BCUT2D eigenvalue weighted by Gasteiger charge is 2.30. The van der Waals surface area contributed by atoms with Crippen LogP contribution in [0.3, 0.4) is 0 Å². The fourth-order valence-corrected chi connectivity index (χ4v) is 2.95. The van der Waals surface area contributed by atoms with Crippen molar-refractivity contribution in [1.82, 2.24) is 14.8 Å². The lowest BCUT2D eigenvalue weighted by Gasteiger charge is -2.08. The minimum atomic E-state index is -0.442. The number of hydrogen-bond acceptors (Lipinski definition) is 5.